The lowest BCUT2D eigenvalue weighted by atomic mass is 9.85. The third kappa shape index (κ3) is 8.43. The second kappa shape index (κ2) is 12.9. The normalized spacial score (nSPS) is 18.8. The van der Waals surface area contributed by atoms with Gasteiger partial charge in [-0.2, -0.15) is 0 Å². The molecule has 2 saturated heterocycles. The van der Waals surface area contributed by atoms with Crippen LogP contribution in [-0.4, -0.2) is 69.5 Å². The molecule has 2 aliphatic heterocycles. The summed E-state index contributed by atoms with van der Waals surface area (Å²) in [4.78, 5) is 28.9. The van der Waals surface area contributed by atoms with Gasteiger partial charge in [0, 0.05) is 49.2 Å². The topological polar surface area (TPSA) is 94.2 Å². The molecule has 3 rings (SSSR count). The van der Waals surface area contributed by atoms with E-state index < -0.39 is 21.7 Å². The summed E-state index contributed by atoms with van der Waals surface area (Å²) >= 11 is 11.4. The molecule has 2 fully saturated rings. The largest absolute Gasteiger partial charge is 0.598 e. The van der Waals surface area contributed by atoms with Crippen LogP contribution in [0.3, 0.4) is 0 Å². The summed E-state index contributed by atoms with van der Waals surface area (Å²) in [6, 6.07) is 3.13. The fourth-order valence-electron chi connectivity index (χ4n) is 4.59. The lowest BCUT2D eigenvalue weighted by molar-refractivity contribution is -0.142. The summed E-state index contributed by atoms with van der Waals surface area (Å²) in [7, 11) is 0. The first-order chi connectivity index (χ1) is 18.1. The molecule has 1 N–H and O–H groups in total. The number of benzene rings is 1. The molecule has 2 heterocycles. The van der Waals surface area contributed by atoms with Crippen molar-refractivity contribution in [2.75, 3.05) is 32.8 Å². The molecule has 1 aromatic rings. The van der Waals surface area contributed by atoms with Gasteiger partial charge in [0.25, 0.3) is 0 Å². The summed E-state index contributed by atoms with van der Waals surface area (Å²) in [5.74, 6) is 0.470. The van der Waals surface area contributed by atoms with Crippen LogP contribution in [0, 0.1) is 11.8 Å². The van der Waals surface area contributed by atoms with Gasteiger partial charge in [-0.15, -0.1) is 4.72 Å². The molecule has 1 aromatic carbocycles. The first kappa shape index (κ1) is 31.9. The van der Waals surface area contributed by atoms with Gasteiger partial charge in [0.05, 0.1) is 22.0 Å². The Morgan fingerprint density at radius 3 is 2.26 bits per heavy atom. The van der Waals surface area contributed by atoms with Crippen molar-refractivity contribution in [3.05, 3.63) is 40.4 Å². The van der Waals surface area contributed by atoms with Gasteiger partial charge in [-0.05, 0) is 66.4 Å². The van der Waals surface area contributed by atoms with E-state index in [2.05, 4.69) is 11.3 Å². The van der Waals surface area contributed by atoms with Gasteiger partial charge in [-0.3, -0.25) is 4.79 Å². The van der Waals surface area contributed by atoms with Crippen molar-refractivity contribution in [1.82, 2.24) is 14.5 Å². The van der Waals surface area contributed by atoms with Crippen LogP contribution < -0.4 is 9.46 Å². The van der Waals surface area contributed by atoms with Crippen LogP contribution in [0.5, 0.6) is 5.75 Å². The van der Waals surface area contributed by atoms with E-state index in [1.54, 1.807) is 23.1 Å². The zero-order valence-corrected chi connectivity index (χ0v) is 26.0. The fraction of sp³-hybridized carbons (Fsp3) is 0.643. The lowest BCUT2D eigenvalue weighted by Gasteiger charge is -2.43. The van der Waals surface area contributed by atoms with Crippen molar-refractivity contribution in [2.45, 2.75) is 70.8 Å². The number of carbonyl (C=O) groups excluding carboxylic acids is 2. The highest BCUT2D eigenvalue weighted by Crippen LogP contribution is 2.41. The molecule has 2 atom stereocenters. The van der Waals surface area contributed by atoms with Crippen molar-refractivity contribution in [2.24, 2.45) is 11.8 Å². The van der Waals surface area contributed by atoms with Crippen LogP contribution in [0.4, 0.5) is 4.79 Å². The van der Waals surface area contributed by atoms with E-state index in [4.69, 9.17) is 32.7 Å². The number of amides is 2. The number of rotatable bonds is 8. The monoisotopic (exact) mass is 601 g/mol. The predicted molar refractivity (Wildman–Crippen MR) is 157 cm³/mol. The van der Waals surface area contributed by atoms with Gasteiger partial charge >= 0.3 is 6.09 Å². The Morgan fingerprint density at radius 1 is 1.13 bits per heavy atom. The Hall–Kier alpha value is -1.65. The standard InChI is InChI=1S/C28H41Cl2N3O5S/c1-8-13-37-23-15-22(30)21(29)14-20(23)24(31-39(36)28(5,6)7)18-9-11-32(12-10-18)25(34)19-16-33(17-19)26(35)38-27(2,3)4/h8,14-15,18-19,24,31H,1,9-13,16-17H2,2-7H3/t24-,39+/m1/s1. The molecular formula is C28H41Cl2N3O5S. The molecule has 0 aromatic heterocycles. The molecule has 0 radical (unpaired) electrons. The van der Waals surface area contributed by atoms with E-state index in [0.29, 0.717) is 54.8 Å². The third-order valence-electron chi connectivity index (χ3n) is 6.74. The Bertz CT molecular complexity index is 1040. The molecule has 2 amide bonds. The summed E-state index contributed by atoms with van der Waals surface area (Å²) in [6.45, 7) is 17.1. The number of piperidine rings is 1. The minimum atomic E-state index is -1.36. The Morgan fingerprint density at radius 2 is 1.72 bits per heavy atom. The summed E-state index contributed by atoms with van der Waals surface area (Å²) in [5, 5.41) is 0.759. The van der Waals surface area contributed by atoms with Crippen LogP contribution >= 0.6 is 23.2 Å². The van der Waals surface area contributed by atoms with Crippen LogP contribution in [0.25, 0.3) is 0 Å². The van der Waals surface area contributed by atoms with Gasteiger partial charge in [0.15, 0.2) is 0 Å². The number of hydrogen-bond donors (Lipinski definition) is 1. The van der Waals surface area contributed by atoms with Crippen LogP contribution in [0.15, 0.2) is 24.8 Å². The van der Waals surface area contributed by atoms with E-state index in [0.717, 1.165) is 5.56 Å². The van der Waals surface area contributed by atoms with Crippen molar-refractivity contribution in [3.8, 4) is 5.75 Å². The van der Waals surface area contributed by atoms with Crippen LogP contribution in [0.2, 0.25) is 10.0 Å². The maximum Gasteiger partial charge on any atom is 0.410 e. The third-order valence-corrected chi connectivity index (χ3v) is 9.04. The molecule has 11 heteroatoms. The van der Waals surface area contributed by atoms with E-state index in [1.165, 1.54) is 0 Å². The van der Waals surface area contributed by atoms with Gasteiger partial charge < -0.3 is 23.8 Å². The summed E-state index contributed by atoms with van der Waals surface area (Å²) < 4.78 is 27.4. The number of halogens is 2. The minimum Gasteiger partial charge on any atom is -0.598 e. The number of nitrogens with zero attached hydrogens (tertiary/aromatic N) is 2. The Balaban J connectivity index is 1.71. The molecule has 2 aliphatic rings. The number of likely N-dealkylation sites (tertiary alicyclic amines) is 2. The van der Waals surface area contributed by atoms with Gasteiger partial charge in [0.2, 0.25) is 5.91 Å². The molecule has 0 spiro atoms. The first-order valence-corrected chi connectivity index (χ1v) is 15.2. The van der Waals surface area contributed by atoms with Gasteiger partial charge in [-0.1, -0.05) is 35.9 Å². The van der Waals surface area contributed by atoms with E-state index in [1.807, 2.05) is 46.4 Å². The Labute approximate surface area is 245 Å². The van der Waals surface area contributed by atoms with E-state index >= 15 is 0 Å². The molecule has 218 valence electrons. The zero-order chi connectivity index (χ0) is 29.1. The molecule has 8 nitrogen and oxygen atoms in total. The Kier molecular flexibility index (Phi) is 10.5. The SMILES string of the molecule is C=CCOc1cc(Cl)c(Cl)cc1[C@H](N[S@@+]([O-])C(C)(C)C)C1CCN(C(=O)C2CN(C(=O)OC(C)(C)C)C2)CC1. The molecule has 0 bridgehead atoms. The second-order valence-electron chi connectivity index (χ2n) is 12.1. The molecule has 0 saturated carbocycles. The number of hydrogen-bond acceptors (Lipinski definition) is 6. The summed E-state index contributed by atoms with van der Waals surface area (Å²) in [5.41, 5.74) is 0.209. The van der Waals surface area contributed by atoms with Crippen molar-refractivity contribution < 1.29 is 23.6 Å². The highest BCUT2D eigenvalue weighted by Gasteiger charge is 2.42. The van der Waals surface area contributed by atoms with Crippen molar-refractivity contribution in [1.29, 1.82) is 0 Å². The summed E-state index contributed by atoms with van der Waals surface area (Å²) in [6.07, 6.45) is 2.67. The van der Waals surface area contributed by atoms with E-state index in [-0.39, 0.29) is 36.5 Å². The van der Waals surface area contributed by atoms with E-state index in [9.17, 15) is 14.1 Å². The highest BCUT2D eigenvalue weighted by molar-refractivity contribution is 7.90. The average Bonchev–Trinajstić information content (AvgIpc) is 2.80. The van der Waals surface area contributed by atoms with Crippen molar-refractivity contribution >= 4 is 46.6 Å². The lowest BCUT2D eigenvalue weighted by Crippen LogP contribution is -2.58. The fourth-order valence-corrected chi connectivity index (χ4v) is 5.82. The highest BCUT2D eigenvalue weighted by atomic mass is 35.5. The van der Waals surface area contributed by atoms with Crippen molar-refractivity contribution in [3.63, 3.8) is 0 Å². The maximum absolute atomic E-state index is 13.2. The maximum atomic E-state index is 13.2. The van der Waals surface area contributed by atoms with Gasteiger partial charge in [0.1, 0.15) is 22.7 Å². The molecule has 0 aliphatic carbocycles. The first-order valence-electron chi connectivity index (χ1n) is 13.3. The average molecular weight is 603 g/mol. The molecule has 0 unspecified atom stereocenters. The predicted octanol–water partition coefficient (Wildman–Crippen LogP) is 5.76. The number of carbonyl (C=O) groups is 2. The minimum absolute atomic E-state index is 0.0561. The number of ether oxygens (including phenoxy) is 2. The molecular weight excluding hydrogens is 561 g/mol. The van der Waals surface area contributed by atoms with Gasteiger partial charge in [-0.25, -0.2) is 4.79 Å². The van der Waals surface area contributed by atoms with Crippen LogP contribution in [0.1, 0.15) is 66.0 Å². The molecule has 39 heavy (non-hydrogen) atoms. The van der Waals surface area contributed by atoms with Crippen LogP contribution in [-0.2, 0) is 20.9 Å². The quantitative estimate of drug-likeness (QED) is 0.301. The zero-order valence-electron chi connectivity index (χ0n) is 23.7. The smallest absolute Gasteiger partial charge is 0.410 e. The number of nitrogens with one attached hydrogen (secondary N) is 1. The second-order valence-corrected chi connectivity index (χ2v) is 14.9.